The quantitative estimate of drug-likeness (QED) is 0.374. The lowest BCUT2D eigenvalue weighted by Crippen LogP contribution is -2.33. The van der Waals surface area contributed by atoms with E-state index in [1.807, 2.05) is 17.5 Å². The van der Waals surface area contributed by atoms with Crippen LogP contribution < -0.4 is 10.1 Å². The van der Waals surface area contributed by atoms with Gasteiger partial charge >= 0.3 is 6.09 Å². The Kier molecular flexibility index (Phi) is 9.04. The zero-order chi connectivity index (χ0) is 24.5. The van der Waals surface area contributed by atoms with E-state index < -0.39 is 16.7 Å². The number of nitrogens with zero attached hydrogens (tertiary/aromatic N) is 4. The van der Waals surface area contributed by atoms with Crippen molar-refractivity contribution in [2.45, 2.75) is 31.1 Å². The smallest absolute Gasteiger partial charge is 0.410 e. The molecule has 1 aromatic carbocycles. The molecule has 0 aliphatic carbocycles. The highest BCUT2D eigenvalue weighted by Gasteiger charge is 2.14. The van der Waals surface area contributed by atoms with Crippen LogP contribution in [0.4, 0.5) is 16.4 Å². The molecule has 1 aliphatic rings. The van der Waals surface area contributed by atoms with Crippen molar-refractivity contribution in [1.82, 2.24) is 14.9 Å². The molecule has 0 spiro atoms. The van der Waals surface area contributed by atoms with Crippen molar-refractivity contribution in [1.29, 1.82) is 0 Å². The van der Waals surface area contributed by atoms with Gasteiger partial charge in [0, 0.05) is 23.3 Å². The fourth-order valence-electron chi connectivity index (χ4n) is 3.65. The normalized spacial score (nSPS) is 15.0. The third kappa shape index (κ3) is 7.23. The average Bonchev–Trinajstić information content (AvgIpc) is 3.40. The monoisotopic (exact) mass is 514 g/mol. The number of rotatable bonds is 9. The predicted octanol–water partition coefficient (Wildman–Crippen LogP) is 5.48. The Morgan fingerprint density at radius 3 is 2.71 bits per heavy atom. The van der Waals surface area contributed by atoms with Crippen LogP contribution in [-0.2, 0) is 19.5 Å². The molecule has 1 saturated heterocycles. The fourth-order valence-corrected chi connectivity index (χ4v) is 5.04. The first-order chi connectivity index (χ1) is 17.1. The SMILES string of the molecule is CCOC(=O)N=[S-](=O)c1ccc(Nc2ncc(-c3cccs3)c(OCCN3CCCCC3)n2)cc1. The zero-order valence-corrected chi connectivity index (χ0v) is 21.1. The standard InChI is InChI=1S/C24H28N5O4S2/c1-2-32-24(30)28-35(31)19-10-8-18(9-11-19)26-23-25-17-20(21-7-6-16-34-21)22(27-23)33-15-14-29-12-4-3-5-13-29/h6-11,16-17H,2-5,12-15H2,1H3,(H,25,26,27)/q-1. The third-order valence-corrected chi connectivity index (χ3v) is 7.27. The number of thiophene rings is 1. The zero-order valence-electron chi connectivity index (χ0n) is 19.5. The van der Waals surface area contributed by atoms with Gasteiger partial charge in [-0.3, -0.25) is 9.26 Å². The molecule has 1 amide bonds. The number of benzene rings is 1. The summed E-state index contributed by atoms with van der Waals surface area (Å²) in [6, 6.07) is 10.7. The number of carbonyl (C=O) groups is 1. The Labute approximate surface area is 210 Å². The molecule has 1 fully saturated rings. The molecular weight excluding hydrogens is 486 g/mol. The van der Waals surface area contributed by atoms with Crippen LogP contribution in [0.1, 0.15) is 26.2 Å². The van der Waals surface area contributed by atoms with Crippen molar-refractivity contribution >= 4 is 39.7 Å². The highest BCUT2D eigenvalue weighted by atomic mass is 32.2. The molecular formula is C24H28N5O4S2-. The van der Waals surface area contributed by atoms with Gasteiger partial charge in [-0.1, -0.05) is 29.5 Å². The molecule has 3 heterocycles. The fraction of sp³-hybridized carbons (Fsp3) is 0.375. The number of hydrogen-bond acceptors (Lipinski definition) is 10. The van der Waals surface area contributed by atoms with Crippen molar-refractivity contribution < 1.29 is 18.5 Å². The van der Waals surface area contributed by atoms with Gasteiger partial charge in [-0.2, -0.15) is 4.98 Å². The van der Waals surface area contributed by atoms with Crippen molar-refractivity contribution in [3.8, 4) is 16.3 Å². The average molecular weight is 515 g/mol. The van der Waals surface area contributed by atoms with Gasteiger partial charge in [0.05, 0.1) is 12.2 Å². The summed E-state index contributed by atoms with van der Waals surface area (Å²) >= 11 is 1.61. The maximum Gasteiger partial charge on any atom is 0.410 e. The van der Waals surface area contributed by atoms with E-state index in [0.29, 0.717) is 29.0 Å². The Balaban J connectivity index is 1.46. The molecule has 9 nitrogen and oxygen atoms in total. The number of amides is 1. The van der Waals surface area contributed by atoms with Gasteiger partial charge in [-0.15, -0.1) is 21.9 Å². The second-order valence-corrected chi connectivity index (χ2v) is 9.93. The summed E-state index contributed by atoms with van der Waals surface area (Å²) in [6.45, 7) is 5.50. The highest BCUT2D eigenvalue weighted by Crippen LogP contribution is 2.32. The summed E-state index contributed by atoms with van der Waals surface area (Å²) in [5, 5.41) is 5.17. The minimum atomic E-state index is -1.83. The molecule has 0 saturated carbocycles. The number of likely N-dealkylation sites (tertiary alicyclic amines) is 1. The number of anilines is 2. The molecule has 0 radical (unpaired) electrons. The summed E-state index contributed by atoms with van der Waals surface area (Å²) in [5.74, 6) is 0.927. The predicted molar refractivity (Wildman–Crippen MR) is 137 cm³/mol. The topological polar surface area (TPSA) is 106 Å². The van der Waals surface area contributed by atoms with Crippen molar-refractivity contribution in [2.24, 2.45) is 4.36 Å². The summed E-state index contributed by atoms with van der Waals surface area (Å²) in [6.07, 6.45) is 4.70. The van der Waals surface area contributed by atoms with Crippen molar-refractivity contribution in [2.75, 3.05) is 38.2 Å². The van der Waals surface area contributed by atoms with E-state index >= 15 is 0 Å². The summed E-state index contributed by atoms with van der Waals surface area (Å²) in [5.41, 5.74) is 1.56. The molecule has 2 aromatic heterocycles. The molecule has 11 heteroatoms. The van der Waals surface area contributed by atoms with Crippen LogP contribution in [-0.4, -0.2) is 53.8 Å². The molecule has 1 N–H and O–H groups in total. The number of carbonyl (C=O) groups excluding carboxylic acids is 1. The number of ether oxygens (including phenoxy) is 2. The van der Waals surface area contributed by atoms with Gasteiger partial charge in [-0.05, 0) is 56.4 Å². The molecule has 0 unspecified atom stereocenters. The first-order valence-corrected chi connectivity index (χ1v) is 13.5. The minimum absolute atomic E-state index is 0.178. The first-order valence-electron chi connectivity index (χ1n) is 11.6. The molecule has 3 aromatic rings. The van der Waals surface area contributed by atoms with Crippen molar-refractivity contribution in [3.05, 3.63) is 48.0 Å². The van der Waals surface area contributed by atoms with Gasteiger partial charge < -0.3 is 19.0 Å². The highest BCUT2D eigenvalue weighted by molar-refractivity contribution is 7.75. The van der Waals surface area contributed by atoms with Crippen molar-refractivity contribution in [3.63, 3.8) is 0 Å². The molecule has 186 valence electrons. The summed E-state index contributed by atoms with van der Waals surface area (Å²) in [7, 11) is -1.83. The number of nitrogens with one attached hydrogen (secondary N) is 1. The second kappa shape index (κ2) is 12.6. The van der Waals surface area contributed by atoms with E-state index in [1.165, 1.54) is 19.3 Å². The number of aromatic nitrogens is 2. The van der Waals surface area contributed by atoms with Crippen LogP contribution >= 0.6 is 11.3 Å². The minimum Gasteiger partial charge on any atom is -0.476 e. The van der Waals surface area contributed by atoms with Gasteiger partial charge in [0.1, 0.15) is 6.61 Å². The lowest BCUT2D eigenvalue weighted by molar-refractivity contribution is 0.164. The van der Waals surface area contributed by atoms with Gasteiger partial charge in [0.15, 0.2) is 0 Å². The largest absolute Gasteiger partial charge is 0.476 e. The first kappa shape index (κ1) is 25.1. The molecule has 1 aliphatic heterocycles. The van der Waals surface area contributed by atoms with Gasteiger partial charge in [-0.25, -0.2) is 9.78 Å². The summed E-state index contributed by atoms with van der Waals surface area (Å²) in [4.78, 5) is 24.4. The van der Waals surface area contributed by atoms with Crippen LogP contribution in [0.15, 0.2) is 57.2 Å². The van der Waals surface area contributed by atoms with E-state index in [9.17, 15) is 9.00 Å². The lowest BCUT2D eigenvalue weighted by Gasteiger charge is -2.26. The molecule has 0 atom stereocenters. The number of piperidine rings is 1. The van der Waals surface area contributed by atoms with Gasteiger partial charge in [0.2, 0.25) is 11.8 Å². The van der Waals surface area contributed by atoms with E-state index in [0.717, 1.165) is 30.1 Å². The number of hydrogen-bond donors (Lipinski definition) is 1. The van der Waals surface area contributed by atoms with Crippen LogP contribution in [0, 0.1) is 0 Å². The Hall–Kier alpha value is -3.02. The third-order valence-electron chi connectivity index (χ3n) is 5.37. The molecule has 35 heavy (non-hydrogen) atoms. The van der Waals surface area contributed by atoms with Crippen LogP contribution in [0.2, 0.25) is 0 Å². The van der Waals surface area contributed by atoms with E-state index in [1.54, 1.807) is 48.7 Å². The van der Waals surface area contributed by atoms with E-state index in [-0.39, 0.29) is 6.61 Å². The van der Waals surface area contributed by atoms with Crippen LogP contribution in [0.5, 0.6) is 5.88 Å². The Bertz CT molecular complexity index is 1190. The Morgan fingerprint density at radius 2 is 2.00 bits per heavy atom. The lowest BCUT2D eigenvalue weighted by atomic mass is 10.1. The van der Waals surface area contributed by atoms with Gasteiger partial charge in [0.25, 0.3) is 0 Å². The van der Waals surface area contributed by atoms with E-state index in [4.69, 9.17) is 9.47 Å². The molecule has 4 rings (SSSR count). The summed E-state index contributed by atoms with van der Waals surface area (Å²) < 4.78 is 26.5. The van der Waals surface area contributed by atoms with Crippen LogP contribution in [0.3, 0.4) is 0 Å². The maximum absolute atomic E-state index is 12.2. The van der Waals surface area contributed by atoms with E-state index in [2.05, 4.69) is 24.5 Å². The Morgan fingerprint density at radius 1 is 1.20 bits per heavy atom. The second-order valence-electron chi connectivity index (χ2n) is 7.83. The maximum atomic E-state index is 12.2. The van der Waals surface area contributed by atoms with Crippen LogP contribution in [0.25, 0.3) is 10.4 Å². The molecule has 0 bridgehead atoms.